The van der Waals surface area contributed by atoms with Gasteiger partial charge in [0.1, 0.15) is 0 Å². The highest BCUT2D eigenvalue weighted by Gasteiger charge is 2.21. The quantitative estimate of drug-likeness (QED) is 0.154. The summed E-state index contributed by atoms with van der Waals surface area (Å²) in [6.07, 6.45) is 0. The van der Waals surface area contributed by atoms with Crippen molar-refractivity contribution in [1.82, 2.24) is 0 Å². The maximum Gasteiger partial charge on any atom is 0.0540 e. The van der Waals surface area contributed by atoms with Crippen molar-refractivity contribution in [3.63, 3.8) is 0 Å². The van der Waals surface area contributed by atoms with Crippen LogP contribution in [0.4, 0.5) is 17.1 Å². The first kappa shape index (κ1) is 32.9. The van der Waals surface area contributed by atoms with E-state index in [0.29, 0.717) is 0 Å². The smallest absolute Gasteiger partial charge is 0.0540 e. The Kier molecular flexibility index (Phi) is 7.89. The Bertz CT molecular complexity index is 3200. The maximum atomic E-state index is 2.43. The summed E-state index contributed by atoms with van der Waals surface area (Å²) in [6, 6.07) is 82.1. The molecule has 0 bridgehead atoms. The molecule has 0 aromatic heterocycles. The first-order valence-electron chi connectivity index (χ1n) is 19.7. The van der Waals surface area contributed by atoms with E-state index < -0.39 is 0 Å². The zero-order chi connectivity index (χ0) is 37.7. The van der Waals surface area contributed by atoms with Gasteiger partial charge in [-0.05, 0) is 119 Å². The van der Waals surface area contributed by atoms with Crippen LogP contribution >= 0.6 is 0 Å². The van der Waals surface area contributed by atoms with E-state index >= 15 is 0 Å². The van der Waals surface area contributed by atoms with Gasteiger partial charge in [-0.1, -0.05) is 182 Å². The molecule has 1 nitrogen and oxygen atoms in total. The third-order valence-electron chi connectivity index (χ3n) is 11.6. The number of hydrogen-bond acceptors (Lipinski definition) is 1. The largest absolute Gasteiger partial charge is 0.309 e. The van der Waals surface area contributed by atoms with Gasteiger partial charge in [-0.15, -0.1) is 0 Å². The fourth-order valence-electron chi connectivity index (χ4n) is 8.96. The van der Waals surface area contributed by atoms with Crippen LogP contribution in [-0.2, 0) is 0 Å². The predicted molar refractivity (Wildman–Crippen MR) is 245 cm³/mol. The minimum atomic E-state index is 1.11. The molecule has 0 radical (unpaired) electrons. The predicted octanol–water partition coefficient (Wildman–Crippen LogP) is 15.9. The van der Waals surface area contributed by atoms with Crippen LogP contribution in [0.5, 0.6) is 0 Å². The normalized spacial score (nSPS) is 11.5. The molecule has 0 aliphatic carbocycles. The summed E-state index contributed by atoms with van der Waals surface area (Å²) in [5.41, 5.74) is 10.8. The van der Waals surface area contributed by atoms with Crippen LogP contribution in [0.1, 0.15) is 0 Å². The molecule has 0 aliphatic rings. The van der Waals surface area contributed by atoms with Crippen molar-refractivity contribution < 1.29 is 0 Å². The fourth-order valence-corrected chi connectivity index (χ4v) is 8.96. The van der Waals surface area contributed by atoms with Crippen molar-refractivity contribution in [2.75, 3.05) is 4.90 Å². The van der Waals surface area contributed by atoms with Crippen LogP contribution in [0.2, 0.25) is 0 Å². The lowest BCUT2D eigenvalue weighted by Gasteiger charge is -2.28. The third kappa shape index (κ3) is 5.63. The molecule has 57 heavy (non-hydrogen) atoms. The van der Waals surface area contributed by atoms with Crippen molar-refractivity contribution >= 4 is 70.9 Å². The molecule has 0 fully saturated rings. The molecule has 11 rings (SSSR count). The van der Waals surface area contributed by atoms with Crippen LogP contribution in [-0.4, -0.2) is 0 Å². The van der Waals surface area contributed by atoms with E-state index in [-0.39, 0.29) is 0 Å². The van der Waals surface area contributed by atoms with E-state index in [0.717, 1.165) is 17.1 Å². The number of hydrogen-bond donors (Lipinski definition) is 0. The lowest BCUT2D eigenvalue weighted by Crippen LogP contribution is -2.11. The molecule has 266 valence electrons. The van der Waals surface area contributed by atoms with E-state index in [1.165, 1.54) is 87.2 Å². The molecule has 11 aromatic carbocycles. The van der Waals surface area contributed by atoms with Gasteiger partial charge < -0.3 is 4.90 Å². The van der Waals surface area contributed by atoms with Gasteiger partial charge >= 0.3 is 0 Å². The van der Waals surface area contributed by atoms with Gasteiger partial charge in [-0.2, -0.15) is 0 Å². The molecule has 0 N–H and O–H groups in total. The molecule has 0 spiro atoms. The van der Waals surface area contributed by atoms with Gasteiger partial charge in [0, 0.05) is 16.5 Å². The van der Waals surface area contributed by atoms with Crippen molar-refractivity contribution in [3.05, 3.63) is 224 Å². The average molecular weight is 724 g/mol. The first-order chi connectivity index (χ1) is 28.3. The molecular weight excluding hydrogens is 687 g/mol. The molecular formula is C56H37N. The van der Waals surface area contributed by atoms with Gasteiger partial charge in [-0.3, -0.25) is 0 Å². The zero-order valence-electron chi connectivity index (χ0n) is 31.3. The summed E-state index contributed by atoms with van der Waals surface area (Å²) >= 11 is 0. The molecule has 0 saturated heterocycles. The molecule has 0 heterocycles. The Morgan fingerprint density at radius 1 is 0.228 bits per heavy atom. The molecule has 0 unspecified atom stereocenters. The van der Waals surface area contributed by atoms with Crippen LogP contribution in [0.25, 0.3) is 87.2 Å². The lowest BCUT2D eigenvalue weighted by atomic mass is 9.84. The van der Waals surface area contributed by atoms with E-state index in [1.54, 1.807) is 0 Å². The van der Waals surface area contributed by atoms with Crippen LogP contribution < -0.4 is 4.90 Å². The SMILES string of the molecule is c1ccc(-c2cccc(-c3c4ccccc4c(-c4ccc(N(c5cccc6ccccc56)c5cccc6ccccc56)cc4)c4cc5ccccc5cc34)c2)cc1. The summed E-state index contributed by atoms with van der Waals surface area (Å²) in [5, 5.41) is 12.3. The summed E-state index contributed by atoms with van der Waals surface area (Å²) in [4.78, 5) is 2.43. The molecule has 0 saturated carbocycles. The zero-order valence-corrected chi connectivity index (χ0v) is 31.3. The molecule has 0 amide bonds. The van der Waals surface area contributed by atoms with E-state index in [1.807, 2.05) is 0 Å². The number of fused-ring (bicyclic) bond motifs is 5. The van der Waals surface area contributed by atoms with Crippen LogP contribution in [0, 0.1) is 0 Å². The van der Waals surface area contributed by atoms with Gasteiger partial charge in [0.05, 0.1) is 11.4 Å². The highest BCUT2D eigenvalue weighted by atomic mass is 15.1. The molecule has 11 aromatic rings. The van der Waals surface area contributed by atoms with Crippen LogP contribution in [0.3, 0.4) is 0 Å². The van der Waals surface area contributed by atoms with Crippen molar-refractivity contribution in [2.24, 2.45) is 0 Å². The van der Waals surface area contributed by atoms with E-state index in [9.17, 15) is 0 Å². The summed E-state index contributed by atoms with van der Waals surface area (Å²) in [6.45, 7) is 0. The summed E-state index contributed by atoms with van der Waals surface area (Å²) < 4.78 is 0. The molecule has 0 atom stereocenters. The topological polar surface area (TPSA) is 3.24 Å². The first-order valence-corrected chi connectivity index (χ1v) is 19.7. The Morgan fingerprint density at radius 2 is 0.649 bits per heavy atom. The number of benzene rings is 11. The second-order valence-corrected chi connectivity index (χ2v) is 14.9. The number of anilines is 3. The van der Waals surface area contributed by atoms with Gasteiger partial charge in [0.15, 0.2) is 0 Å². The minimum absolute atomic E-state index is 1.11. The van der Waals surface area contributed by atoms with Crippen molar-refractivity contribution in [2.45, 2.75) is 0 Å². The van der Waals surface area contributed by atoms with Gasteiger partial charge in [0.2, 0.25) is 0 Å². The Morgan fingerprint density at radius 3 is 1.23 bits per heavy atom. The summed E-state index contributed by atoms with van der Waals surface area (Å²) in [7, 11) is 0. The molecule has 1 heteroatoms. The monoisotopic (exact) mass is 723 g/mol. The standard InChI is InChI=1S/C56H37N/c1-2-15-38(16-3-1)42-23-12-24-45(35-42)56-50-28-11-10-27-49(50)55(51-36-43-19-4-5-20-44(43)37-52(51)56)41-31-33-46(34-32-41)57(53-29-13-21-39-17-6-8-25-47(39)53)54-30-14-22-40-18-7-9-26-48(40)54/h1-37H. The number of nitrogens with zero attached hydrogens (tertiary/aromatic N) is 1. The van der Waals surface area contributed by atoms with Crippen molar-refractivity contribution in [1.29, 1.82) is 0 Å². The van der Waals surface area contributed by atoms with Gasteiger partial charge in [-0.25, -0.2) is 0 Å². The average Bonchev–Trinajstić information content (AvgIpc) is 3.28. The maximum absolute atomic E-state index is 2.43. The highest BCUT2D eigenvalue weighted by molar-refractivity contribution is 6.23. The second-order valence-electron chi connectivity index (χ2n) is 14.9. The summed E-state index contributed by atoms with van der Waals surface area (Å²) in [5.74, 6) is 0. The minimum Gasteiger partial charge on any atom is -0.309 e. The molecule has 0 aliphatic heterocycles. The Balaban J connectivity index is 1.15. The Hall–Kier alpha value is -7.48. The number of rotatable bonds is 6. The highest BCUT2D eigenvalue weighted by Crippen LogP contribution is 2.47. The van der Waals surface area contributed by atoms with Gasteiger partial charge in [0.25, 0.3) is 0 Å². The second kappa shape index (κ2) is 13.7. The lowest BCUT2D eigenvalue weighted by molar-refractivity contribution is 1.31. The van der Waals surface area contributed by atoms with E-state index in [4.69, 9.17) is 0 Å². The van der Waals surface area contributed by atoms with Crippen LogP contribution in [0.15, 0.2) is 224 Å². The third-order valence-corrected chi connectivity index (χ3v) is 11.6. The van der Waals surface area contributed by atoms with E-state index in [2.05, 4.69) is 229 Å². The van der Waals surface area contributed by atoms with Crippen molar-refractivity contribution in [3.8, 4) is 33.4 Å². The Labute approximate surface area is 332 Å². The fraction of sp³-hybridized carbons (Fsp3) is 0.